The molecule has 2 amide bonds. The summed E-state index contributed by atoms with van der Waals surface area (Å²) in [7, 11) is 0. The molecule has 1 aliphatic carbocycles. The molecule has 1 aromatic heterocycles. The first-order valence-electron chi connectivity index (χ1n) is 8.19. The summed E-state index contributed by atoms with van der Waals surface area (Å²) < 4.78 is 1.14. The molecule has 0 radical (unpaired) electrons. The standard InChI is InChI=1S/C16H19N3O6/c20-12-9(16(24)25)6-19-7-10(18-15(23)11(19)13(12)21)14(22)17-8-4-2-1-3-5-8/h6,8,10,21H,1-5,7H2,(H,17,22)(H,18,23)(H,24,25). The summed E-state index contributed by atoms with van der Waals surface area (Å²) in [6.07, 6.45) is 5.99. The first-order chi connectivity index (χ1) is 11.9. The first kappa shape index (κ1) is 17.0. The second-order valence-electron chi connectivity index (χ2n) is 6.40. The van der Waals surface area contributed by atoms with Gasteiger partial charge in [-0.05, 0) is 12.8 Å². The molecule has 134 valence electrons. The second-order valence-corrected chi connectivity index (χ2v) is 6.40. The number of carboxylic acids is 1. The quantitative estimate of drug-likeness (QED) is 0.597. The van der Waals surface area contributed by atoms with Crippen LogP contribution in [-0.4, -0.2) is 44.6 Å². The Bertz CT molecular complexity index is 794. The molecule has 0 aromatic carbocycles. The highest BCUT2D eigenvalue weighted by Crippen LogP contribution is 2.20. The van der Waals surface area contributed by atoms with Crippen molar-refractivity contribution in [2.24, 2.45) is 0 Å². The van der Waals surface area contributed by atoms with Gasteiger partial charge >= 0.3 is 5.97 Å². The number of aromatic carboxylic acids is 1. The molecule has 1 atom stereocenters. The summed E-state index contributed by atoms with van der Waals surface area (Å²) in [5, 5.41) is 24.3. The number of carboxylic acid groups (broad SMARTS) is 1. The molecule has 3 rings (SSSR count). The predicted octanol–water partition coefficient (Wildman–Crippen LogP) is -0.187. The van der Waals surface area contributed by atoms with Gasteiger partial charge in [0.1, 0.15) is 11.6 Å². The lowest BCUT2D eigenvalue weighted by Crippen LogP contribution is -2.55. The molecule has 1 fully saturated rings. The van der Waals surface area contributed by atoms with Gasteiger partial charge in [-0.25, -0.2) is 4.79 Å². The number of carbonyl (C=O) groups is 3. The van der Waals surface area contributed by atoms with Gasteiger partial charge in [0, 0.05) is 12.2 Å². The van der Waals surface area contributed by atoms with E-state index in [0.717, 1.165) is 42.9 Å². The Morgan fingerprint density at radius 1 is 1.20 bits per heavy atom. The number of hydrogen-bond acceptors (Lipinski definition) is 5. The minimum absolute atomic E-state index is 0.0618. The van der Waals surface area contributed by atoms with Gasteiger partial charge in [-0.15, -0.1) is 0 Å². The van der Waals surface area contributed by atoms with Crippen LogP contribution in [0.2, 0.25) is 0 Å². The molecular weight excluding hydrogens is 330 g/mol. The number of pyridine rings is 1. The van der Waals surface area contributed by atoms with Crippen molar-refractivity contribution in [1.29, 1.82) is 0 Å². The van der Waals surface area contributed by atoms with E-state index in [2.05, 4.69) is 10.6 Å². The van der Waals surface area contributed by atoms with E-state index in [1.165, 1.54) is 0 Å². The molecule has 9 nitrogen and oxygen atoms in total. The highest BCUT2D eigenvalue weighted by molar-refractivity contribution is 6.00. The van der Waals surface area contributed by atoms with Crippen molar-refractivity contribution < 1.29 is 24.6 Å². The Labute approximate surface area is 142 Å². The third-order valence-corrected chi connectivity index (χ3v) is 4.65. The summed E-state index contributed by atoms with van der Waals surface area (Å²) in [5.41, 5.74) is -2.11. The Morgan fingerprint density at radius 2 is 1.88 bits per heavy atom. The number of amides is 2. The third-order valence-electron chi connectivity index (χ3n) is 4.65. The van der Waals surface area contributed by atoms with Crippen molar-refractivity contribution >= 4 is 17.8 Å². The topological polar surface area (TPSA) is 138 Å². The van der Waals surface area contributed by atoms with Crippen LogP contribution >= 0.6 is 0 Å². The monoisotopic (exact) mass is 349 g/mol. The number of rotatable bonds is 3. The fourth-order valence-corrected chi connectivity index (χ4v) is 3.35. The molecule has 1 aromatic rings. The van der Waals surface area contributed by atoms with Gasteiger partial charge in [-0.1, -0.05) is 19.3 Å². The van der Waals surface area contributed by atoms with Crippen LogP contribution in [0.15, 0.2) is 11.0 Å². The number of nitrogens with one attached hydrogen (secondary N) is 2. The molecule has 2 heterocycles. The zero-order chi connectivity index (χ0) is 18.1. The van der Waals surface area contributed by atoms with Gasteiger partial charge in [-0.2, -0.15) is 0 Å². The largest absolute Gasteiger partial charge is 0.503 e. The average molecular weight is 349 g/mol. The van der Waals surface area contributed by atoms with Crippen molar-refractivity contribution in [2.75, 3.05) is 0 Å². The molecule has 1 unspecified atom stereocenters. The molecule has 9 heteroatoms. The van der Waals surface area contributed by atoms with E-state index < -0.39 is 34.7 Å². The van der Waals surface area contributed by atoms with Crippen LogP contribution in [0.5, 0.6) is 5.75 Å². The van der Waals surface area contributed by atoms with Crippen molar-refractivity contribution in [2.45, 2.75) is 50.7 Å². The first-order valence-corrected chi connectivity index (χ1v) is 8.19. The van der Waals surface area contributed by atoms with E-state index in [9.17, 15) is 24.3 Å². The summed E-state index contributed by atoms with van der Waals surface area (Å²) in [4.78, 5) is 47.5. The number of aromatic hydroxyl groups is 1. The van der Waals surface area contributed by atoms with Gasteiger partial charge < -0.3 is 25.4 Å². The number of carbonyl (C=O) groups excluding carboxylic acids is 2. The van der Waals surface area contributed by atoms with Crippen LogP contribution in [0.3, 0.4) is 0 Å². The smallest absolute Gasteiger partial charge is 0.341 e. The van der Waals surface area contributed by atoms with Gasteiger partial charge in [0.25, 0.3) is 5.91 Å². The van der Waals surface area contributed by atoms with Crippen molar-refractivity contribution in [3.05, 3.63) is 27.7 Å². The van der Waals surface area contributed by atoms with E-state index in [1.807, 2.05) is 0 Å². The number of fused-ring (bicyclic) bond motifs is 1. The van der Waals surface area contributed by atoms with E-state index in [0.29, 0.717) is 0 Å². The summed E-state index contributed by atoms with van der Waals surface area (Å²) >= 11 is 0. The van der Waals surface area contributed by atoms with Crippen LogP contribution in [0, 0.1) is 0 Å². The lowest BCUT2D eigenvalue weighted by atomic mass is 9.95. The Morgan fingerprint density at radius 3 is 2.52 bits per heavy atom. The molecule has 4 N–H and O–H groups in total. The molecule has 0 saturated heterocycles. The molecule has 1 saturated carbocycles. The zero-order valence-electron chi connectivity index (χ0n) is 13.4. The maximum absolute atomic E-state index is 12.4. The Balaban J connectivity index is 1.85. The van der Waals surface area contributed by atoms with Gasteiger partial charge in [-0.3, -0.25) is 14.4 Å². The van der Waals surface area contributed by atoms with Crippen LogP contribution in [0.4, 0.5) is 0 Å². The van der Waals surface area contributed by atoms with Gasteiger partial charge in [0.15, 0.2) is 11.4 Å². The van der Waals surface area contributed by atoms with Crippen LogP contribution < -0.4 is 16.1 Å². The minimum Gasteiger partial charge on any atom is -0.503 e. The average Bonchev–Trinajstić information content (AvgIpc) is 2.58. The number of aromatic nitrogens is 1. The lowest BCUT2D eigenvalue weighted by molar-refractivity contribution is -0.124. The fourth-order valence-electron chi connectivity index (χ4n) is 3.35. The minimum atomic E-state index is -1.51. The normalized spacial score (nSPS) is 20.5. The van der Waals surface area contributed by atoms with Gasteiger partial charge in [0.2, 0.25) is 11.3 Å². The summed E-state index contributed by atoms with van der Waals surface area (Å²) in [5.74, 6) is -3.59. The molecule has 0 bridgehead atoms. The number of nitrogens with zero attached hydrogens (tertiary/aromatic N) is 1. The van der Waals surface area contributed by atoms with Gasteiger partial charge in [0.05, 0.1) is 6.54 Å². The van der Waals surface area contributed by atoms with Crippen molar-refractivity contribution in [3.8, 4) is 5.75 Å². The highest BCUT2D eigenvalue weighted by atomic mass is 16.4. The maximum atomic E-state index is 12.4. The molecule has 0 spiro atoms. The lowest BCUT2D eigenvalue weighted by Gasteiger charge is -2.30. The third kappa shape index (κ3) is 3.21. The summed E-state index contributed by atoms with van der Waals surface area (Å²) in [6.45, 7) is -0.0618. The summed E-state index contributed by atoms with van der Waals surface area (Å²) in [6, 6.07) is -0.831. The SMILES string of the molecule is O=C(O)c1cn2c(c(O)c1=O)C(=O)NC(C(=O)NC1CCCCC1)C2. The van der Waals surface area contributed by atoms with Crippen LogP contribution in [-0.2, 0) is 11.3 Å². The highest BCUT2D eigenvalue weighted by Gasteiger charge is 2.34. The van der Waals surface area contributed by atoms with Crippen LogP contribution in [0.25, 0.3) is 0 Å². The van der Waals surface area contributed by atoms with E-state index in [-0.39, 0.29) is 24.2 Å². The zero-order valence-corrected chi connectivity index (χ0v) is 13.4. The Kier molecular flexibility index (Phi) is 4.47. The Hall–Kier alpha value is -2.84. The second kappa shape index (κ2) is 6.58. The molecule has 25 heavy (non-hydrogen) atoms. The molecule has 2 aliphatic rings. The fraction of sp³-hybridized carbons (Fsp3) is 0.500. The molecule has 1 aliphatic heterocycles. The predicted molar refractivity (Wildman–Crippen MR) is 85.6 cm³/mol. The van der Waals surface area contributed by atoms with Crippen molar-refractivity contribution in [3.63, 3.8) is 0 Å². The van der Waals surface area contributed by atoms with Crippen molar-refractivity contribution in [1.82, 2.24) is 15.2 Å². The van der Waals surface area contributed by atoms with E-state index in [4.69, 9.17) is 5.11 Å². The maximum Gasteiger partial charge on any atom is 0.341 e. The number of hydrogen-bond donors (Lipinski definition) is 4. The molecular formula is C16H19N3O6. The van der Waals surface area contributed by atoms with E-state index in [1.54, 1.807) is 0 Å². The van der Waals surface area contributed by atoms with Crippen LogP contribution in [0.1, 0.15) is 53.0 Å². The van der Waals surface area contributed by atoms with E-state index >= 15 is 0 Å².